The fourth-order valence-electron chi connectivity index (χ4n) is 1.78. The van der Waals surface area contributed by atoms with Gasteiger partial charge in [0.05, 0.1) is 0 Å². The monoisotopic (exact) mass is 311 g/mol. The van der Waals surface area contributed by atoms with E-state index in [1.165, 1.54) is 12.1 Å². The number of benzene rings is 2. The van der Waals surface area contributed by atoms with E-state index in [4.69, 9.17) is 5.73 Å². The van der Waals surface area contributed by atoms with Crippen molar-refractivity contribution in [3.05, 3.63) is 69.7 Å². The van der Waals surface area contributed by atoms with Gasteiger partial charge in [-0.15, -0.1) is 0 Å². The summed E-state index contributed by atoms with van der Waals surface area (Å²) in [5.41, 5.74) is 7.35. The first kappa shape index (κ1) is 13.2. The number of rotatable bonds is 3. The van der Waals surface area contributed by atoms with Crippen LogP contribution in [0.5, 0.6) is 0 Å². The number of hydrogen-bond acceptors (Lipinski definition) is 1. The Balaban J connectivity index is 2.18. The van der Waals surface area contributed by atoms with Gasteiger partial charge in [0.2, 0.25) is 0 Å². The molecule has 0 heterocycles. The van der Waals surface area contributed by atoms with Gasteiger partial charge in [-0.05, 0) is 35.7 Å². The second-order valence-electron chi connectivity index (χ2n) is 4.10. The Kier molecular flexibility index (Phi) is 4.09. The normalized spacial score (nSPS) is 12.4. The molecular formula is C14H12BrF2N. The van der Waals surface area contributed by atoms with Crippen LogP contribution < -0.4 is 5.73 Å². The van der Waals surface area contributed by atoms with Gasteiger partial charge < -0.3 is 5.73 Å². The van der Waals surface area contributed by atoms with Gasteiger partial charge in [-0.25, -0.2) is 8.78 Å². The summed E-state index contributed by atoms with van der Waals surface area (Å²) in [6.07, 6.45) is 0.336. The van der Waals surface area contributed by atoms with E-state index in [1.807, 2.05) is 24.3 Å². The maximum atomic E-state index is 13.5. The summed E-state index contributed by atoms with van der Waals surface area (Å²) in [6, 6.07) is 10.8. The van der Waals surface area contributed by atoms with Crippen LogP contribution in [0.25, 0.3) is 0 Å². The van der Waals surface area contributed by atoms with Crippen molar-refractivity contribution in [3.8, 4) is 0 Å². The predicted molar refractivity (Wildman–Crippen MR) is 71.1 cm³/mol. The standard InChI is InChI=1S/C14H12BrF2N/c15-11-3-1-2-10(6-11)14(18)7-9-4-5-12(16)8-13(9)17/h1-6,8,14H,7,18H2. The van der Waals surface area contributed by atoms with E-state index >= 15 is 0 Å². The predicted octanol–water partition coefficient (Wildman–Crippen LogP) is 3.97. The van der Waals surface area contributed by atoms with E-state index < -0.39 is 11.6 Å². The lowest BCUT2D eigenvalue weighted by Gasteiger charge is -2.13. The van der Waals surface area contributed by atoms with E-state index in [9.17, 15) is 8.78 Å². The maximum absolute atomic E-state index is 13.5. The van der Waals surface area contributed by atoms with Crippen LogP contribution in [0, 0.1) is 11.6 Å². The molecule has 0 fully saturated rings. The molecule has 2 aromatic rings. The zero-order valence-electron chi connectivity index (χ0n) is 9.54. The fraction of sp³-hybridized carbons (Fsp3) is 0.143. The lowest BCUT2D eigenvalue weighted by Crippen LogP contribution is -2.14. The number of hydrogen-bond donors (Lipinski definition) is 1. The number of nitrogens with two attached hydrogens (primary N) is 1. The molecule has 0 aliphatic carbocycles. The quantitative estimate of drug-likeness (QED) is 0.912. The highest BCUT2D eigenvalue weighted by Gasteiger charge is 2.11. The second-order valence-corrected chi connectivity index (χ2v) is 5.02. The minimum atomic E-state index is -0.577. The van der Waals surface area contributed by atoms with Crippen LogP contribution in [-0.2, 0) is 6.42 Å². The van der Waals surface area contributed by atoms with Gasteiger partial charge in [0.25, 0.3) is 0 Å². The molecule has 0 bridgehead atoms. The molecule has 4 heteroatoms. The molecule has 0 amide bonds. The third-order valence-electron chi connectivity index (χ3n) is 2.73. The molecule has 1 nitrogen and oxygen atoms in total. The summed E-state index contributed by atoms with van der Waals surface area (Å²) < 4.78 is 27.2. The molecule has 0 radical (unpaired) electrons. The zero-order valence-corrected chi connectivity index (χ0v) is 11.1. The summed E-state index contributed by atoms with van der Waals surface area (Å²) in [6.45, 7) is 0. The van der Waals surface area contributed by atoms with Crippen LogP contribution in [0.15, 0.2) is 46.9 Å². The highest BCUT2D eigenvalue weighted by atomic mass is 79.9. The molecule has 0 spiro atoms. The van der Waals surface area contributed by atoms with Crippen LogP contribution in [0.4, 0.5) is 8.78 Å². The van der Waals surface area contributed by atoms with Crippen LogP contribution >= 0.6 is 15.9 Å². The van der Waals surface area contributed by atoms with Crippen LogP contribution in [0.3, 0.4) is 0 Å². The summed E-state index contributed by atoms with van der Waals surface area (Å²) in [5.74, 6) is -1.13. The Morgan fingerprint density at radius 2 is 1.89 bits per heavy atom. The zero-order chi connectivity index (χ0) is 13.1. The van der Waals surface area contributed by atoms with Gasteiger partial charge in [0, 0.05) is 16.6 Å². The van der Waals surface area contributed by atoms with Crippen molar-refractivity contribution in [2.24, 2.45) is 5.73 Å². The van der Waals surface area contributed by atoms with E-state index in [2.05, 4.69) is 15.9 Å². The van der Waals surface area contributed by atoms with E-state index in [-0.39, 0.29) is 6.04 Å². The molecule has 0 saturated heterocycles. The summed E-state index contributed by atoms with van der Waals surface area (Å²) in [4.78, 5) is 0. The number of halogens is 3. The third-order valence-corrected chi connectivity index (χ3v) is 3.23. The third kappa shape index (κ3) is 3.15. The summed E-state index contributed by atoms with van der Waals surface area (Å²) in [7, 11) is 0. The molecule has 2 rings (SSSR count). The molecule has 2 aromatic carbocycles. The first-order valence-electron chi connectivity index (χ1n) is 5.51. The van der Waals surface area contributed by atoms with Crippen molar-refractivity contribution >= 4 is 15.9 Å². The lowest BCUT2D eigenvalue weighted by molar-refractivity contribution is 0.563. The van der Waals surface area contributed by atoms with E-state index in [0.29, 0.717) is 12.0 Å². The van der Waals surface area contributed by atoms with E-state index in [1.54, 1.807) is 0 Å². The Labute approximate surface area is 113 Å². The second kappa shape index (κ2) is 5.59. The van der Waals surface area contributed by atoms with Crippen LogP contribution in [0.2, 0.25) is 0 Å². The highest BCUT2D eigenvalue weighted by molar-refractivity contribution is 9.10. The molecule has 2 N–H and O–H groups in total. The molecule has 1 atom stereocenters. The van der Waals surface area contributed by atoms with E-state index in [0.717, 1.165) is 16.1 Å². The summed E-state index contributed by atoms with van der Waals surface area (Å²) in [5, 5.41) is 0. The fourth-order valence-corrected chi connectivity index (χ4v) is 2.20. The smallest absolute Gasteiger partial charge is 0.129 e. The van der Waals surface area contributed by atoms with Crippen LogP contribution in [0.1, 0.15) is 17.2 Å². The first-order chi connectivity index (χ1) is 8.56. The Morgan fingerprint density at radius 1 is 1.11 bits per heavy atom. The van der Waals surface area contributed by atoms with Gasteiger partial charge in [-0.3, -0.25) is 0 Å². The van der Waals surface area contributed by atoms with Crippen molar-refractivity contribution in [1.82, 2.24) is 0 Å². The average molecular weight is 312 g/mol. The Bertz CT molecular complexity index is 557. The van der Waals surface area contributed by atoms with Crippen molar-refractivity contribution in [2.45, 2.75) is 12.5 Å². The van der Waals surface area contributed by atoms with Crippen molar-refractivity contribution < 1.29 is 8.78 Å². The van der Waals surface area contributed by atoms with Gasteiger partial charge in [-0.1, -0.05) is 34.1 Å². The molecule has 0 aliphatic rings. The first-order valence-corrected chi connectivity index (χ1v) is 6.30. The molecular weight excluding hydrogens is 300 g/mol. The highest BCUT2D eigenvalue weighted by Crippen LogP contribution is 2.21. The SMILES string of the molecule is NC(Cc1ccc(F)cc1F)c1cccc(Br)c1. The van der Waals surface area contributed by atoms with Gasteiger partial charge in [0.1, 0.15) is 11.6 Å². The van der Waals surface area contributed by atoms with Gasteiger partial charge in [0.15, 0.2) is 0 Å². The molecule has 0 aromatic heterocycles. The van der Waals surface area contributed by atoms with Crippen molar-refractivity contribution in [2.75, 3.05) is 0 Å². The molecule has 1 unspecified atom stereocenters. The largest absolute Gasteiger partial charge is 0.324 e. The Morgan fingerprint density at radius 3 is 2.56 bits per heavy atom. The molecule has 0 aliphatic heterocycles. The average Bonchev–Trinajstić information content (AvgIpc) is 2.32. The lowest BCUT2D eigenvalue weighted by atomic mass is 9.99. The van der Waals surface area contributed by atoms with Gasteiger partial charge in [-0.2, -0.15) is 0 Å². The minimum Gasteiger partial charge on any atom is -0.324 e. The summed E-state index contributed by atoms with van der Waals surface area (Å²) >= 11 is 3.36. The molecule has 18 heavy (non-hydrogen) atoms. The van der Waals surface area contributed by atoms with Crippen molar-refractivity contribution in [1.29, 1.82) is 0 Å². The maximum Gasteiger partial charge on any atom is 0.129 e. The molecule has 0 saturated carbocycles. The van der Waals surface area contributed by atoms with Crippen LogP contribution in [-0.4, -0.2) is 0 Å². The topological polar surface area (TPSA) is 26.0 Å². The van der Waals surface area contributed by atoms with Crippen molar-refractivity contribution in [3.63, 3.8) is 0 Å². The Hall–Kier alpha value is -1.26. The molecule has 94 valence electrons. The van der Waals surface area contributed by atoms with Gasteiger partial charge >= 0.3 is 0 Å². The minimum absolute atomic E-state index is 0.317.